The van der Waals surface area contributed by atoms with Crippen molar-refractivity contribution in [3.05, 3.63) is 70.8 Å². The first-order valence-electron chi connectivity index (χ1n) is 10.6. The van der Waals surface area contributed by atoms with Crippen molar-refractivity contribution in [2.45, 2.75) is 52.6 Å². The smallest absolute Gasteiger partial charge is 0.318 e. The number of hydrogen-bond donors (Lipinski definition) is 1. The van der Waals surface area contributed by atoms with Crippen LogP contribution in [0.1, 0.15) is 55.5 Å². The van der Waals surface area contributed by atoms with Crippen molar-refractivity contribution in [3.8, 4) is 0 Å². The van der Waals surface area contributed by atoms with E-state index in [0.29, 0.717) is 6.42 Å². The average molecular weight is 421 g/mol. The van der Waals surface area contributed by atoms with Crippen LogP contribution in [0.25, 0.3) is 0 Å². The van der Waals surface area contributed by atoms with E-state index in [-0.39, 0.29) is 30.1 Å². The number of likely N-dealkylation sites (N-methyl/N-ethyl adjacent to an activating group) is 1. The fraction of sp³-hybridized carbons (Fsp3) is 0.400. The standard InChI is InChI=1S/C25H32N4O2/c1-17-12-13-20(14-18(17)2)21-15-22(19-10-8-7-9-11-19)29(27-21)23(30)16-28(6)24(31)26-25(3,4)5/h7-14,22H,15-16H2,1-6H3,(H,26,31). The summed E-state index contributed by atoms with van der Waals surface area (Å²) in [5, 5.41) is 9.14. The fourth-order valence-corrected chi connectivity index (χ4v) is 3.53. The van der Waals surface area contributed by atoms with Crippen LogP contribution in [-0.2, 0) is 4.79 Å². The van der Waals surface area contributed by atoms with Gasteiger partial charge in [0.15, 0.2) is 0 Å². The monoisotopic (exact) mass is 420 g/mol. The summed E-state index contributed by atoms with van der Waals surface area (Å²) in [6.45, 7) is 9.84. The van der Waals surface area contributed by atoms with E-state index < -0.39 is 0 Å². The van der Waals surface area contributed by atoms with Crippen LogP contribution in [-0.4, -0.2) is 46.7 Å². The third kappa shape index (κ3) is 5.51. The molecule has 1 heterocycles. The number of rotatable bonds is 4. The summed E-state index contributed by atoms with van der Waals surface area (Å²) < 4.78 is 0. The van der Waals surface area contributed by atoms with Crippen molar-refractivity contribution in [2.75, 3.05) is 13.6 Å². The topological polar surface area (TPSA) is 65.0 Å². The van der Waals surface area contributed by atoms with E-state index in [1.165, 1.54) is 16.0 Å². The van der Waals surface area contributed by atoms with Gasteiger partial charge in [-0.1, -0.05) is 42.5 Å². The average Bonchev–Trinajstić information content (AvgIpc) is 3.15. The van der Waals surface area contributed by atoms with Gasteiger partial charge in [-0.15, -0.1) is 0 Å². The summed E-state index contributed by atoms with van der Waals surface area (Å²) in [4.78, 5) is 27.0. The van der Waals surface area contributed by atoms with Gasteiger partial charge in [0.05, 0.1) is 11.8 Å². The third-order valence-electron chi connectivity index (χ3n) is 5.39. The summed E-state index contributed by atoms with van der Waals surface area (Å²) in [6, 6.07) is 15.7. The Morgan fingerprint density at radius 2 is 1.77 bits per heavy atom. The Bertz CT molecular complexity index is 992. The van der Waals surface area contributed by atoms with Crippen molar-refractivity contribution in [2.24, 2.45) is 5.10 Å². The summed E-state index contributed by atoms with van der Waals surface area (Å²) in [7, 11) is 1.63. The van der Waals surface area contributed by atoms with Gasteiger partial charge in [-0.25, -0.2) is 9.80 Å². The van der Waals surface area contributed by atoms with E-state index in [4.69, 9.17) is 5.10 Å². The minimum atomic E-state index is -0.372. The molecule has 2 aromatic rings. The molecule has 1 aliphatic rings. The Kier molecular flexibility index (Phi) is 6.48. The molecule has 0 bridgehead atoms. The molecule has 0 spiro atoms. The zero-order valence-electron chi connectivity index (χ0n) is 19.3. The normalized spacial score (nSPS) is 16.1. The molecule has 1 atom stereocenters. The largest absolute Gasteiger partial charge is 0.333 e. The van der Waals surface area contributed by atoms with E-state index in [9.17, 15) is 9.59 Å². The molecule has 3 rings (SSSR count). The predicted octanol–water partition coefficient (Wildman–Crippen LogP) is 4.42. The van der Waals surface area contributed by atoms with E-state index >= 15 is 0 Å². The lowest BCUT2D eigenvalue weighted by Gasteiger charge is -2.27. The molecule has 0 fully saturated rings. The van der Waals surface area contributed by atoms with Gasteiger partial charge in [0, 0.05) is 19.0 Å². The molecule has 3 amide bonds. The minimum Gasteiger partial charge on any atom is -0.333 e. The lowest BCUT2D eigenvalue weighted by atomic mass is 9.96. The Balaban J connectivity index is 1.85. The van der Waals surface area contributed by atoms with Crippen molar-refractivity contribution in [3.63, 3.8) is 0 Å². The van der Waals surface area contributed by atoms with Crippen LogP contribution in [0.5, 0.6) is 0 Å². The van der Waals surface area contributed by atoms with Crippen LogP contribution >= 0.6 is 0 Å². The highest BCUT2D eigenvalue weighted by molar-refractivity contribution is 6.03. The Morgan fingerprint density at radius 3 is 2.39 bits per heavy atom. The van der Waals surface area contributed by atoms with Crippen LogP contribution in [0.15, 0.2) is 53.6 Å². The highest BCUT2D eigenvalue weighted by Crippen LogP contribution is 2.33. The second kappa shape index (κ2) is 8.92. The number of benzene rings is 2. The van der Waals surface area contributed by atoms with Gasteiger partial charge < -0.3 is 10.2 Å². The van der Waals surface area contributed by atoms with Crippen molar-refractivity contribution in [1.82, 2.24) is 15.2 Å². The lowest BCUT2D eigenvalue weighted by Crippen LogP contribution is -2.49. The molecule has 0 saturated heterocycles. The highest BCUT2D eigenvalue weighted by atomic mass is 16.2. The molecule has 1 unspecified atom stereocenters. The number of carbonyl (C=O) groups is 2. The molecule has 0 saturated carbocycles. The number of nitrogens with one attached hydrogen (secondary N) is 1. The van der Waals surface area contributed by atoms with E-state index in [2.05, 4.69) is 37.4 Å². The van der Waals surface area contributed by atoms with Gasteiger partial charge in [0.1, 0.15) is 6.54 Å². The van der Waals surface area contributed by atoms with Crippen molar-refractivity contribution >= 4 is 17.6 Å². The molecule has 0 aromatic heterocycles. The predicted molar refractivity (Wildman–Crippen MR) is 124 cm³/mol. The molecular weight excluding hydrogens is 388 g/mol. The third-order valence-corrected chi connectivity index (χ3v) is 5.39. The molecule has 6 heteroatoms. The first-order chi connectivity index (χ1) is 14.5. The maximum Gasteiger partial charge on any atom is 0.318 e. The number of hydrogen-bond acceptors (Lipinski definition) is 3. The van der Waals surface area contributed by atoms with E-state index in [1.54, 1.807) is 12.1 Å². The number of carbonyl (C=O) groups excluding carboxylic acids is 2. The van der Waals surface area contributed by atoms with Gasteiger partial charge >= 0.3 is 6.03 Å². The molecule has 31 heavy (non-hydrogen) atoms. The zero-order chi connectivity index (χ0) is 22.8. The maximum absolute atomic E-state index is 13.2. The zero-order valence-corrected chi connectivity index (χ0v) is 19.3. The molecule has 0 radical (unpaired) electrons. The van der Waals surface area contributed by atoms with Crippen LogP contribution in [0.4, 0.5) is 4.79 Å². The Labute approximate surface area is 184 Å². The van der Waals surface area contributed by atoms with E-state index in [0.717, 1.165) is 16.8 Å². The minimum absolute atomic E-state index is 0.0467. The fourth-order valence-electron chi connectivity index (χ4n) is 3.53. The Morgan fingerprint density at radius 1 is 1.10 bits per heavy atom. The number of aryl methyl sites for hydroxylation is 2. The molecular formula is C25H32N4O2. The second-order valence-corrected chi connectivity index (χ2v) is 9.25. The molecule has 1 N–H and O–H groups in total. The first kappa shape index (κ1) is 22.5. The van der Waals surface area contributed by atoms with Crippen molar-refractivity contribution in [1.29, 1.82) is 0 Å². The van der Waals surface area contributed by atoms with Crippen LogP contribution < -0.4 is 5.32 Å². The highest BCUT2D eigenvalue weighted by Gasteiger charge is 2.34. The first-order valence-corrected chi connectivity index (χ1v) is 10.6. The van der Waals surface area contributed by atoms with E-state index in [1.807, 2.05) is 51.1 Å². The van der Waals surface area contributed by atoms with Crippen molar-refractivity contribution < 1.29 is 9.59 Å². The number of hydrazone groups is 1. The maximum atomic E-state index is 13.2. The number of nitrogens with zero attached hydrogens (tertiary/aromatic N) is 3. The van der Waals surface area contributed by atoms with Gasteiger partial charge in [-0.3, -0.25) is 4.79 Å². The molecule has 1 aliphatic heterocycles. The molecule has 2 aromatic carbocycles. The van der Waals surface area contributed by atoms with Gasteiger partial charge in [-0.2, -0.15) is 5.10 Å². The summed E-state index contributed by atoms with van der Waals surface area (Å²) >= 11 is 0. The van der Waals surface area contributed by atoms with Crippen LogP contribution in [0.3, 0.4) is 0 Å². The summed E-state index contributed by atoms with van der Waals surface area (Å²) in [6.07, 6.45) is 0.635. The van der Waals surface area contributed by atoms with Gasteiger partial charge in [0.2, 0.25) is 0 Å². The SMILES string of the molecule is Cc1ccc(C2=NN(C(=O)CN(C)C(=O)NC(C)(C)C)C(c3ccccc3)C2)cc1C. The van der Waals surface area contributed by atoms with Crippen LogP contribution in [0.2, 0.25) is 0 Å². The lowest BCUT2D eigenvalue weighted by molar-refractivity contribution is -0.133. The Hall–Kier alpha value is -3.15. The summed E-state index contributed by atoms with van der Waals surface area (Å²) in [5.74, 6) is -0.209. The molecule has 6 nitrogen and oxygen atoms in total. The van der Waals surface area contributed by atoms with Gasteiger partial charge in [-0.05, 0) is 62.9 Å². The van der Waals surface area contributed by atoms with Crippen LogP contribution in [0, 0.1) is 13.8 Å². The number of amides is 3. The second-order valence-electron chi connectivity index (χ2n) is 9.25. The summed E-state index contributed by atoms with van der Waals surface area (Å²) in [5.41, 5.74) is 4.98. The quantitative estimate of drug-likeness (QED) is 0.796. The number of urea groups is 1. The molecule has 0 aliphatic carbocycles. The molecule has 164 valence electrons. The van der Waals surface area contributed by atoms with Gasteiger partial charge in [0.25, 0.3) is 5.91 Å².